The van der Waals surface area contributed by atoms with Crippen LogP contribution in [0.3, 0.4) is 0 Å². The van der Waals surface area contributed by atoms with Gasteiger partial charge in [0, 0.05) is 43.1 Å². The van der Waals surface area contributed by atoms with Crippen molar-refractivity contribution in [3.63, 3.8) is 0 Å². The van der Waals surface area contributed by atoms with Crippen molar-refractivity contribution in [2.45, 2.75) is 52.4 Å². The third-order valence-electron chi connectivity index (χ3n) is 8.69. The highest BCUT2D eigenvalue weighted by Gasteiger charge is 2.12. The van der Waals surface area contributed by atoms with Crippen LogP contribution in [0.2, 0.25) is 0 Å². The van der Waals surface area contributed by atoms with Crippen LogP contribution in [-0.2, 0) is 12.8 Å². The van der Waals surface area contributed by atoms with E-state index in [0.29, 0.717) is 0 Å². The van der Waals surface area contributed by atoms with Gasteiger partial charge >= 0.3 is 0 Å². The zero-order valence-electron chi connectivity index (χ0n) is 25.3. The van der Waals surface area contributed by atoms with Crippen molar-refractivity contribution in [1.82, 2.24) is 0 Å². The van der Waals surface area contributed by atoms with Gasteiger partial charge < -0.3 is 0 Å². The van der Waals surface area contributed by atoms with E-state index in [1.165, 1.54) is 54.2 Å². The summed E-state index contributed by atoms with van der Waals surface area (Å²) in [7, 11) is 0. The monoisotopic (exact) mass is 560 g/mol. The van der Waals surface area contributed by atoms with Gasteiger partial charge in [0.2, 0.25) is 0 Å². The highest BCUT2D eigenvalue weighted by atomic mass is 14.1. The number of benzene rings is 6. The molecule has 4 bridgehead atoms. The second-order valence-electron chi connectivity index (χ2n) is 11.5. The van der Waals surface area contributed by atoms with Crippen LogP contribution in [0.15, 0.2) is 84.9 Å². The van der Waals surface area contributed by atoms with Gasteiger partial charge in [-0.2, -0.15) is 0 Å². The molecule has 0 heteroatoms. The van der Waals surface area contributed by atoms with Crippen molar-refractivity contribution in [1.29, 1.82) is 0 Å². The molecule has 0 spiro atoms. The summed E-state index contributed by atoms with van der Waals surface area (Å²) in [6.45, 7) is 4.49. The van der Waals surface area contributed by atoms with E-state index in [-0.39, 0.29) is 0 Å². The van der Waals surface area contributed by atoms with Crippen molar-refractivity contribution in [2.75, 3.05) is 0 Å². The molecule has 0 aliphatic rings. The second kappa shape index (κ2) is 12.1. The first-order chi connectivity index (χ1) is 21.8. The molecule has 0 unspecified atom stereocenters. The Hall–Kier alpha value is -5.40. The zero-order chi connectivity index (χ0) is 29.9. The lowest BCUT2D eigenvalue weighted by molar-refractivity contribution is 0.803. The van der Waals surface area contributed by atoms with Crippen LogP contribution in [0, 0.1) is 48.5 Å². The largest absolute Gasteiger partial charge is 0.0654 e. The predicted octanol–water partition coefficient (Wildman–Crippen LogP) is 11.4. The highest BCUT2D eigenvalue weighted by Crippen LogP contribution is 2.35. The first-order valence-corrected chi connectivity index (χ1v) is 15.8. The van der Waals surface area contributed by atoms with Gasteiger partial charge in [-0.3, -0.25) is 0 Å². The fourth-order valence-electron chi connectivity index (χ4n) is 6.71. The van der Waals surface area contributed by atoms with Gasteiger partial charge in [0.15, 0.2) is 0 Å². The minimum Gasteiger partial charge on any atom is -0.0654 e. The highest BCUT2D eigenvalue weighted by molar-refractivity contribution is 6.15. The topological polar surface area (TPSA) is 0 Å². The summed E-state index contributed by atoms with van der Waals surface area (Å²) < 4.78 is 0. The van der Waals surface area contributed by atoms with Crippen molar-refractivity contribution < 1.29 is 0 Å². The van der Waals surface area contributed by atoms with Crippen LogP contribution in [-0.4, -0.2) is 0 Å². The molecule has 0 aromatic heterocycles. The van der Waals surface area contributed by atoms with E-state index in [0.717, 1.165) is 60.1 Å². The Bertz CT molecular complexity index is 1940. The van der Waals surface area contributed by atoms with E-state index in [4.69, 9.17) is 0 Å². The van der Waals surface area contributed by atoms with E-state index >= 15 is 0 Å². The standard InChI is InChI=1S/C44H32/c1-3-5-27-39-41-31-15-7-9-17-33-21-13-25-37-30-38-26-14-22-34(44(38)40(43(33)37)28-6-4-2)18-10-8-16-32-20-12-24-36(42(32)39)29-35(41)23-11-19-31/h11-14,19-26,29-30H,3-6,27-28H2,1-2H3. The molecule has 7 aromatic carbocycles. The smallest absolute Gasteiger partial charge is 0.0337 e. The lowest BCUT2D eigenvalue weighted by Gasteiger charge is -2.12. The van der Waals surface area contributed by atoms with Gasteiger partial charge in [-0.25, -0.2) is 0 Å². The minimum atomic E-state index is 0.970. The summed E-state index contributed by atoms with van der Waals surface area (Å²) in [5.74, 6) is 0. The molecular weight excluding hydrogens is 528 g/mol. The lowest BCUT2D eigenvalue weighted by Crippen LogP contribution is -1.91. The Labute approximate surface area is 261 Å². The molecule has 0 atom stereocenters. The van der Waals surface area contributed by atoms with Gasteiger partial charge in [-0.15, -0.1) is 0 Å². The van der Waals surface area contributed by atoms with Gasteiger partial charge in [-0.05, 0) is 119 Å². The molecule has 0 nitrogen and oxygen atoms in total. The van der Waals surface area contributed by atoms with Crippen molar-refractivity contribution in [3.05, 3.63) is 145 Å². The minimum absolute atomic E-state index is 0.970. The molecule has 0 saturated carbocycles. The Morgan fingerprint density at radius 1 is 0.409 bits per heavy atom. The van der Waals surface area contributed by atoms with Crippen molar-refractivity contribution >= 4 is 64.6 Å². The number of unbranched alkanes of at least 4 members (excludes halogenated alkanes) is 2. The lowest BCUT2D eigenvalue weighted by atomic mass is 9.90. The summed E-state index contributed by atoms with van der Waals surface area (Å²) >= 11 is 0. The van der Waals surface area contributed by atoms with E-state index in [1.807, 2.05) is 0 Å². The Morgan fingerprint density at radius 3 is 0.977 bits per heavy atom. The Balaban J connectivity index is 1.64. The molecule has 0 radical (unpaired) electrons. The second-order valence-corrected chi connectivity index (χ2v) is 11.5. The molecule has 0 heterocycles. The average Bonchev–Trinajstić information content (AvgIpc) is 3.05. The van der Waals surface area contributed by atoms with Crippen LogP contribution < -0.4 is 0 Å². The molecule has 0 N–H and O–H groups in total. The van der Waals surface area contributed by atoms with E-state index in [1.54, 1.807) is 0 Å². The first kappa shape index (κ1) is 27.4. The molecule has 0 fully saturated rings. The molecule has 0 aliphatic carbocycles. The SMILES string of the molecule is CCCCc1c2c3c#cc#cc4cccc5cc6cccc(c#cc#cc7cccc(cc2ccc3)c17)c6c(CCCC)c45. The Kier molecular flexibility index (Phi) is 7.53. The maximum Gasteiger partial charge on any atom is 0.0337 e. The third kappa shape index (κ3) is 4.97. The van der Waals surface area contributed by atoms with Crippen LogP contribution in [0.4, 0.5) is 0 Å². The summed E-state index contributed by atoms with van der Waals surface area (Å²) in [5, 5.41) is 13.8. The van der Waals surface area contributed by atoms with Gasteiger partial charge in [0.05, 0.1) is 0 Å². The Morgan fingerprint density at radius 2 is 0.705 bits per heavy atom. The summed E-state index contributed by atoms with van der Waals surface area (Å²) in [5.41, 5.74) is 2.64. The van der Waals surface area contributed by atoms with Crippen LogP contribution in [0.5, 0.6) is 0 Å². The molecular formula is C44H32. The molecule has 0 aliphatic heterocycles. The molecule has 0 saturated heterocycles. The van der Waals surface area contributed by atoms with Gasteiger partial charge in [0.1, 0.15) is 0 Å². The van der Waals surface area contributed by atoms with Gasteiger partial charge in [0.25, 0.3) is 0 Å². The maximum absolute atomic E-state index is 3.46. The number of rotatable bonds is 6. The zero-order valence-corrected chi connectivity index (χ0v) is 25.3. The molecule has 7 aromatic rings. The average molecular weight is 561 g/mol. The molecule has 44 heavy (non-hydrogen) atoms. The maximum atomic E-state index is 3.46. The number of aryl methyl sites for hydroxylation is 2. The van der Waals surface area contributed by atoms with E-state index in [2.05, 4.69) is 147 Å². The van der Waals surface area contributed by atoms with E-state index in [9.17, 15) is 0 Å². The molecule has 7 rings (SSSR count). The van der Waals surface area contributed by atoms with E-state index < -0.39 is 0 Å². The fourth-order valence-corrected chi connectivity index (χ4v) is 6.71. The number of hydrogen-bond donors (Lipinski definition) is 0. The first-order valence-electron chi connectivity index (χ1n) is 15.8. The third-order valence-corrected chi connectivity index (χ3v) is 8.69. The summed E-state index contributed by atoms with van der Waals surface area (Å²) in [6, 6.07) is 57.1. The van der Waals surface area contributed by atoms with Crippen LogP contribution in [0.25, 0.3) is 64.6 Å². The number of hydrogen-bond acceptors (Lipinski definition) is 0. The normalized spacial score (nSPS) is 10.8. The van der Waals surface area contributed by atoms with Crippen molar-refractivity contribution in [2.24, 2.45) is 0 Å². The molecule has 208 valence electrons. The van der Waals surface area contributed by atoms with Gasteiger partial charge in [-0.1, -0.05) is 99.5 Å². The quantitative estimate of drug-likeness (QED) is 0.177. The summed E-state index contributed by atoms with van der Waals surface area (Å²) in [4.78, 5) is 0. The van der Waals surface area contributed by atoms with Crippen molar-refractivity contribution in [3.8, 4) is 0 Å². The van der Waals surface area contributed by atoms with Crippen LogP contribution in [0.1, 0.15) is 50.7 Å². The predicted molar refractivity (Wildman–Crippen MR) is 186 cm³/mol. The van der Waals surface area contributed by atoms with Crippen LogP contribution >= 0.6 is 0 Å². The molecule has 0 amide bonds. The fraction of sp³-hybridized carbons (Fsp3) is 0.182. The summed E-state index contributed by atoms with van der Waals surface area (Å²) in [6.07, 6.45) is 6.38.